The highest BCUT2D eigenvalue weighted by atomic mass is 16.1. The first kappa shape index (κ1) is 19.3. The Morgan fingerprint density at radius 1 is 1.24 bits per heavy atom. The lowest BCUT2D eigenvalue weighted by molar-refractivity contribution is -0.117. The Labute approximate surface area is 152 Å². The van der Waals surface area contributed by atoms with Gasteiger partial charge in [0.15, 0.2) is 0 Å². The maximum atomic E-state index is 11.8. The fourth-order valence-electron chi connectivity index (χ4n) is 3.05. The van der Waals surface area contributed by atoms with Gasteiger partial charge in [-0.15, -0.1) is 0 Å². The van der Waals surface area contributed by atoms with Gasteiger partial charge in [0.05, 0.1) is 0 Å². The molecule has 0 spiro atoms. The van der Waals surface area contributed by atoms with E-state index in [1.54, 1.807) is 12.2 Å². The standard InChI is InChI=1S/C21H31N3O/c1-4-5-6-10-21(25)22-19(3)11-12-23-13-15-24(16-14-23)20-9-7-8-18(2)17-20/h4-10,17,19H,11-16H2,1-3H3,(H,22,25)/b5-4+,10-6+/t19-/m1/s1. The minimum atomic E-state index is -0.0186. The highest BCUT2D eigenvalue weighted by molar-refractivity contribution is 5.87. The minimum Gasteiger partial charge on any atom is -0.369 e. The molecule has 0 bridgehead atoms. The number of hydrogen-bond acceptors (Lipinski definition) is 3. The SMILES string of the molecule is C/C=C/C=C/C(=O)N[C@H](C)CCN1CCN(c2cccc(C)c2)CC1. The quantitative estimate of drug-likeness (QED) is 0.611. The fraction of sp³-hybridized carbons (Fsp3) is 0.476. The predicted octanol–water partition coefficient (Wildman–Crippen LogP) is 3.14. The van der Waals surface area contributed by atoms with Gasteiger partial charge in [-0.05, 0) is 44.9 Å². The molecule has 1 aliphatic heterocycles. The van der Waals surface area contributed by atoms with E-state index >= 15 is 0 Å². The summed E-state index contributed by atoms with van der Waals surface area (Å²) in [4.78, 5) is 16.7. The molecule has 1 aromatic rings. The number of benzene rings is 1. The lowest BCUT2D eigenvalue weighted by atomic mass is 10.1. The molecule has 0 unspecified atom stereocenters. The van der Waals surface area contributed by atoms with Gasteiger partial charge in [-0.2, -0.15) is 0 Å². The largest absolute Gasteiger partial charge is 0.369 e. The van der Waals surface area contributed by atoms with Crippen LogP contribution in [-0.2, 0) is 4.79 Å². The van der Waals surface area contributed by atoms with Crippen molar-refractivity contribution in [2.75, 3.05) is 37.6 Å². The van der Waals surface area contributed by atoms with Gasteiger partial charge in [0.2, 0.25) is 5.91 Å². The number of hydrogen-bond donors (Lipinski definition) is 1. The molecule has 2 rings (SSSR count). The number of aryl methyl sites for hydroxylation is 1. The van der Waals surface area contributed by atoms with Gasteiger partial charge in [-0.3, -0.25) is 9.69 Å². The van der Waals surface area contributed by atoms with Crippen LogP contribution in [0.2, 0.25) is 0 Å². The molecule has 1 N–H and O–H groups in total. The molecular formula is C21H31N3O. The van der Waals surface area contributed by atoms with Crippen LogP contribution < -0.4 is 10.2 Å². The summed E-state index contributed by atoms with van der Waals surface area (Å²) in [5, 5.41) is 3.02. The van der Waals surface area contributed by atoms with Crippen LogP contribution in [0.5, 0.6) is 0 Å². The van der Waals surface area contributed by atoms with Crippen LogP contribution in [0.1, 0.15) is 25.8 Å². The van der Waals surface area contributed by atoms with Crippen molar-refractivity contribution in [3.8, 4) is 0 Å². The molecule has 1 saturated heterocycles. The first-order chi connectivity index (χ1) is 12.1. The number of piperazine rings is 1. The number of carbonyl (C=O) groups excluding carboxylic acids is 1. The van der Waals surface area contributed by atoms with Crippen molar-refractivity contribution in [3.63, 3.8) is 0 Å². The van der Waals surface area contributed by atoms with E-state index in [9.17, 15) is 4.79 Å². The van der Waals surface area contributed by atoms with Crippen molar-refractivity contribution in [2.24, 2.45) is 0 Å². The van der Waals surface area contributed by atoms with Crippen LogP contribution in [0.25, 0.3) is 0 Å². The van der Waals surface area contributed by atoms with E-state index in [1.807, 2.05) is 19.1 Å². The third-order valence-corrected chi connectivity index (χ3v) is 4.56. The first-order valence-electron chi connectivity index (χ1n) is 9.22. The molecule has 0 saturated carbocycles. The molecule has 0 radical (unpaired) electrons. The molecule has 1 fully saturated rings. The first-order valence-corrected chi connectivity index (χ1v) is 9.22. The predicted molar refractivity (Wildman–Crippen MR) is 106 cm³/mol. The van der Waals surface area contributed by atoms with Gasteiger partial charge in [0.1, 0.15) is 0 Å². The average Bonchev–Trinajstić information content (AvgIpc) is 2.60. The zero-order valence-electron chi connectivity index (χ0n) is 15.7. The van der Waals surface area contributed by atoms with Crippen molar-refractivity contribution in [3.05, 3.63) is 54.1 Å². The van der Waals surface area contributed by atoms with Crippen molar-refractivity contribution in [1.29, 1.82) is 0 Å². The van der Waals surface area contributed by atoms with Gasteiger partial charge < -0.3 is 10.2 Å². The van der Waals surface area contributed by atoms with Crippen LogP contribution >= 0.6 is 0 Å². The van der Waals surface area contributed by atoms with Gasteiger partial charge >= 0.3 is 0 Å². The summed E-state index contributed by atoms with van der Waals surface area (Å²) < 4.78 is 0. The average molecular weight is 341 g/mol. The maximum Gasteiger partial charge on any atom is 0.244 e. The highest BCUT2D eigenvalue weighted by Crippen LogP contribution is 2.17. The highest BCUT2D eigenvalue weighted by Gasteiger charge is 2.17. The second kappa shape index (κ2) is 10.0. The molecule has 1 heterocycles. The summed E-state index contributed by atoms with van der Waals surface area (Å²) in [6.45, 7) is 11.5. The normalized spacial score (nSPS) is 17.3. The van der Waals surface area contributed by atoms with Crippen LogP contribution in [0.15, 0.2) is 48.6 Å². The molecule has 1 atom stereocenters. The Bertz CT molecular complexity index is 601. The van der Waals surface area contributed by atoms with E-state index < -0.39 is 0 Å². The Morgan fingerprint density at radius 2 is 2.00 bits per heavy atom. The summed E-state index contributed by atoms with van der Waals surface area (Å²) in [5.41, 5.74) is 2.64. The summed E-state index contributed by atoms with van der Waals surface area (Å²) in [6.07, 6.45) is 8.10. The minimum absolute atomic E-state index is 0.0186. The van der Waals surface area contributed by atoms with Crippen LogP contribution in [-0.4, -0.2) is 49.6 Å². The molecule has 0 aliphatic carbocycles. The molecule has 1 amide bonds. The molecule has 4 heteroatoms. The Morgan fingerprint density at radius 3 is 2.68 bits per heavy atom. The number of amides is 1. The Balaban J connectivity index is 1.69. The van der Waals surface area contributed by atoms with Crippen LogP contribution in [0, 0.1) is 6.92 Å². The zero-order valence-corrected chi connectivity index (χ0v) is 15.7. The van der Waals surface area contributed by atoms with Crippen LogP contribution in [0.4, 0.5) is 5.69 Å². The van der Waals surface area contributed by atoms with E-state index in [0.717, 1.165) is 39.1 Å². The second-order valence-corrected chi connectivity index (χ2v) is 6.75. The number of anilines is 1. The monoisotopic (exact) mass is 341 g/mol. The van der Waals surface area contributed by atoms with E-state index in [1.165, 1.54) is 11.3 Å². The molecule has 25 heavy (non-hydrogen) atoms. The number of carbonyl (C=O) groups is 1. The summed E-state index contributed by atoms with van der Waals surface area (Å²) >= 11 is 0. The van der Waals surface area contributed by atoms with Gasteiger partial charge in [0, 0.05) is 50.5 Å². The molecule has 1 aromatic carbocycles. The fourth-order valence-corrected chi connectivity index (χ4v) is 3.05. The lowest BCUT2D eigenvalue weighted by Crippen LogP contribution is -2.47. The zero-order chi connectivity index (χ0) is 18.1. The number of rotatable bonds is 7. The summed E-state index contributed by atoms with van der Waals surface area (Å²) in [5.74, 6) is -0.0186. The summed E-state index contributed by atoms with van der Waals surface area (Å²) in [7, 11) is 0. The van der Waals surface area contributed by atoms with Crippen molar-refractivity contribution >= 4 is 11.6 Å². The topological polar surface area (TPSA) is 35.6 Å². The van der Waals surface area contributed by atoms with Gasteiger partial charge in [0.25, 0.3) is 0 Å². The smallest absolute Gasteiger partial charge is 0.244 e. The van der Waals surface area contributed by atoms with E-state index in [2.05, 4.69) is 53.2 Å². The molecule has 4 nitrogen and oxygen atoms in total. The second-order valence-electron chi connectivity index (χ2n) is 6.75. The van der Waals surface area contributed by atoms with E-state index in [4.69, 9.17) is 0 Å². The van der Waals surface area contributed by atoms with Crippen molar-refractivity contribution in [1.82, 2.24) is 10.2 Å². The van der Waals surface area contributed by atoms with Gasteiger partial charge in [-0.1, -0.05) is 30.4 Å². The molecule has 1 aliphatic rings. The molecule has 136 valence electrons. The van der Waals surface area contributed by atoms with E-state index in [-0.39, 0.29) is 11.9 Å². The van der Waals surface area contributed by atoms with Crippen molar-refractivity contribution in [2.45, 2.75) is 33.2 Å². The Kier molecular flexibility index (Phi) is 7.74. The molecular weight excluding hydrogens is 310 g/mol. The van der Waals surface area contributed by atoms with Gasteiger partial charge in [-0.25, -0.2) is 0 Å². The number of nitrogens with zero attached hydrogens (tertiary/aromatic N) is 2. The third kappa shape index (κ3) is 6.75. The summed E-state index contributed by atoms with van der Waals surface area (Å²) in [6, 6.07) is 8.92. The maximum absolute atomic E-state index is 11.8. The number of nitrogens with one attached hydrogen (secondary N) is 1. The number of allylic oxidation sites excluding steroid dienone is 3. The molecule has 0 aromatic heterocycles. The Hall–Kier alpha value is -2.07. The van der Waals surface area contributed by atoms with Crippen molar-refractivity contribution < 1.29 is 4.79 Å². The lowest BCUT2D eigenvalue weighted by Gasteiger charge is -2.36. The van der Waals surface area contributed by atoms with Crippen LogP contribution in [0.3, 0.4) is 0 Å². The third-order valence-electron chi connectivity index (χ3n) is 4.56. The van der Waals surface area contributed by atoms with E-state index in [0.29, 0.717) is 0 Å².